The van der Waals surface area contributed by atoms with Crippen molar-refractivity contribution in [2.75, 3.05) is 6.54 Å². The van der Waals surface area contributed by atoms with E-state index in [1.807, 2.05) is 84.9 Å². The fourth-order valence-electron chi connectivity index (χ4n) is 6.13. The molecule has 0 aliphatic carbocycles. The molecule has 0 aliphatic heterocycles. The monoisotopic (exact) mass is 628 g/mol. The van der Waals surface area contributed by atoms with Crippen molar-refractivity contribution in [1.29, 1.82) is 0 Å². The lowest BCUT2D eigenvalue weighted by Crippen LogP contribution is -2.55. The largest absolute Gasteiger partial charge is 0.368 e. The van der Waals surface area contributed by atoms with Crippen molar-refractivity contribution < 1.29 is 14.4 Å². The van der Waals surface area contributed by atoms with Gasteiger partial charge in [-0.3, -0.25) is 14.4 Å². The van der Waals surface area contributed by atoms with E-state index in [9.17, 15) is 14.4 Å². The average Bonchev–Trinajstić information content (AvgIpc) is 3.09. The van der Waals surface area contributed by atoms with Crippen LogP contribution >= 0.6 is 0 Å². The van der Waals surface area contributed by atoms with Gasteiger partial charge in [-0.15, -0.1) is 0 Å². The molecular formula is C40H44N4O3. The van der Waals surface area contributed by atoms with Crippen LogP contribution in [0, 0.1) is 5.92 Å². The Balaban J connectivity index is 1.39. The normalized spacial score (nSPS) is 13.1. The van der Waals surface area contributed by atoms with Gasteiger partial charge in [-0.1, -0.05) is 128 Å². The number of primary amides is 1. The second-order valence-corrected chi connectivity index (χ2v) is 12.3. The number of unbranched alkanes of at least 4 members (excludes halogenated alkanes) is 2. The van der Waals surface area contributed by atoms with Crippen molar-refractivity contribution in [3.8, 4) is 0 Å². The lowest BCUT2D eigenvalue weighted by Gasteiger charge is -2.25. The molecule has 0 unspecified atom stereocenters. The van der Waals surface area contributed by atoms with Crippen LogP contribution in [0.3, 0.4) is 0 Å². The zero-order valence-electron chi connectivity index (χ0n) is 26.7. The molecule has 0 spiro atoms. The molecule has 0 fully saturated rings. The summed E-state index contributed by atoms with van der Waals surface area (Å²) in [7, 11) is 0. The van der Waals surface area contributed by atoms with Gasteiger partial charge in [-0.2, -0.15) is 0 Å². The molecule has 0 bridgehead atoms. The first-order valence-corrected chi connectivity index (χ1v) is 16.5. The third-order valence-corrected chi connectivity index (χ3v) is 8.75. The molecule has 0 aliphatic rings. The number of carbonyl (C=O) groups is 3. The summed E-state index contributed by atoms with van der Waals surface area (Å²) in [6, 6.07) is 36.1. The molecule has 0 aromatic heterocycles. The molecule has 47 heavy (non-hydrogen) atoms. The smallest absolute Gasteiger partial charge is 0.243 e. The summed E-state index contributed by atoms with van der Waals surface area (Å²) in [6.45, 7) is 0.611. The zero-order valence-corrected chi connectivity index (χ0v) is 26.7. The van der Waals surface area contributed by atoms with Crippen LogP contribution in [0.4, 0.5) is 0 Å². The number of nitrogens with two attached hydrogens (primary N) is 2. The Morgan fingerprint density at radius 3 is 1.66 bits per heavy atom. The minimum Gasteiger partial charge on any atom is -0.368 e. The Bertz CT molecular complexity index is 1810. The summed E-state index contributed by atoms with van der Waals surface area (Å²) < 4.78 is 0. The third kappa shape index (κ3) is 9.50. The highest BCUT2D eigenvalue weighted by Gasteiger charge is 2.29. The third-order valence-electron chi connectivity index (χ3n) is 8.75. The van der Waals surface area contributed by atoms with Crippen molar-refractivity contribution in [2.24, 2.45) is 17.4 Å². The molecule has 0 saturated heterocycles. The minimum absolute atomic E-state index is 0.189. The van der Waals surface area contributed by atoms with Crippen molar-refractivity contribution in [3.05, 3.63) is 132 Å². The molecule has 3 atom stereocenters. The van der Waals surface area contributed by atoms with Gasteiger partial charge in [0, 0.05) is 18.8 Å². The van der Waals surface area contributed by atoms with E-state index >= 15 is 0 Å². The van der Waals surface area contributed by atoms with Gasteiger partial charge >= 0.3 is 0 Å². The first-order chi connectivity index (χ1) is 22.9. The second kappa shape index (κ2) is 16.5. The van der Waals surface area contributed by atoms with Gasteiger partial charge in [0.2, 0.25) is 17.7 Å². The second-order valence-electron chi connectivity index (χ2n) is 12.3. The number of carbonyl (C=O) groups excluding carboxylic acids is 3. The van der Waals surface area contributed by atoms with Crippen molar-refractivity contribution >= 4 is 39.3 Å². The van der Waals surface area contributed by atoms with E-state index in [1.165, 1.54) is 0 Å². The summed E-state index contributed by atoms with van der Waals surface area (Å²) in [5.41, 5.74) is 14.3. The summed E-state index contributed by atoms with van der Waals surface area (Å²) in [6.07, 6.45) is 4.40. The Morgan fingerprint density at radius 1 is 0.532 bits per heavy atom. The van der Waals surface area contributed by atoms with E-state index < -0.39 is 23.9 Å². The van der Waals surface area contributed by atoms with E-state index in [1.54, 1.807) is 0 Å². The van der Waals surface area contributed by atoms with Gasteiger partial charge in [-0.25, -0.2) is 0 Å². The van der Waals surface area contributed by atoms with Gasteiger partial charge in [0.15, 0.2) is 0 Å². The maximum Gasteiger partial charge on any atom is 0.243 e. The molecule has 5 aromatic rings. The molecule has 5 aromatic carbocycles. The maximum absolute atomic E-state index is 14.1. The van der Waals surface area contributed by atoms with Crippen LogP contribution < -0.4 is 22.1 Å². The number of benzene rings is 5. The highest BCUT2D eigenvalue weighted by atomic mass is 16.2. The van der Waals surface area contributed by atoms with Crippen LogP contribution in [0.15, 0.2) is 115 Å². The summed E-state index contributed by atoms with van der Waals surface area (Å²) in [5.74, 6) is -1.62. The Morgan fingerprint density at radius 2 is 1.06 bits per heavy atom. The molecule has 5 rings (SSSR count). The first kappa shape index (κ1) is 33.4. The van der Waals surface area contributed by atoms with Crippen molar-refractivity contribution in [2.45, 2.75) is 57.0 Å². The maximum atomic E-state index is 14.1. The highest BCUT2D eigenvalue weighted by Crippen LogP contribution is 2.22. The number of nitrogens with one attached hydrogen (secondary N) is 2. The quantitative estimate of drug-likeness (QED) is 0.106. The summed E-state index contributed by atoms with van der Waals surface area (Å²) in [5, 5.41) is 10.3. The van der Waals surface area contributed by atoms with Gasteiger partial charge in [-0.05, 0) is 64.0 Å². The Labute approximate surface area is 276 Å². The Hall–Kier alpha value is -5.01. The van der Waals surface area contributed by atoms with E-state index in [4.69, 9.17) is 11.5 Å². The number of hydrogen-bond donors (Lipinski definition) is 4. The first-order valence-electron chi connectivity index (χ1n) is 16.5. The molecule has 0 radical (unpaired) electrons. The van der Waals surface area contributed by atoms with Crippen molar-refractivity contribution in [3.63, 3.8) is 0 Å². The van der Waals surface area contributed by atoms with Gasteiger partial charge in [0.1, 0.15) is 12.1 Å². The number of hydrogen-bond acceptors (Lipinski definition) is 4. The van der Waals surface area contributed by atoms with E-state index in [-0.39, 0.29) is 24.7 Å². The topological polar surface area (TPSA) is 127 Å². The van der Waals surface area contributed by atoms with Crippen molar-refractivity contribution in [1.82, 2.24) is 10.6 Å². The lowest BCUT2D eigenvalue weighted by atomic mass is 9.91. The van der Waals surface area contributed by atoms with Gasteiger partial charge in [0.05, 0.1) is 0 Å². The molecule has 0 heterocycles. The van der Waals surface area contributed by atoms with E-state index in [0.717, 1.165) is 57.5 Å². The molecule has 7 nitrogen and oxygen atoms in total. The fraction of sp³-hybridized carbons (Fsp3) is 0.275. The van der Waals surface area contributed by atoms with Gasteiger partial charge < -0.3 is 22.1 Å². The molecular weight excluding hydrogens is 584 g/mol. The van der Waals surface area contributed by atoms with E-state index in [0.29, 0.717) is 19.4 Å². The number of rotatable bonds is 16. The van der Waals surface area contributed by atoms with Crippen LogP contribution in [0.5, 0.6) is 0 Å². The summed E-state index contributed by atoms with van der Waals surface area (Å²) in [4.78, 5) is 40.5. The number of amides is 3. The summed E-state index contributed by atoms with van der Waals surface area (Å²) >= 11 is 0. The van der Waals surface area contributed by atoms with E-state index in [2.05, 4.69) is 41.0 Å². The fourth-order valence-corrected chi connectivity index (χ4v) is 6.13. The average molecular weight is 629 g/mol. The van der Waals surface area contributed by atoms with Crippen LogP contribution in [0.1, 0.15) is 42.4 Å². The lowest BCUT2D eigenvalue weighted by molar-refractivity contribution is -0.132. The molecule has 0 saturated carbocycles. The predicted octanol–water partition coefficient (Wildman–Crippen LogP) is 5.61. The minimum atomic E-state index is -0.925. The van der Waals surface area contributed by atoms with Gasteiger partial charge in [0.25, 0.3) is 0 Å². The predicted molar refractivity (Wildman–Crippen MR) is 190 cm³/mol. The Kier molecular flexibility index (Phi) is 11.7. The zero-order chi connectivity index (χ0) is 33.0. The van der Waals surface area contributed by atoms with Crippen LogP contribution in [0.2, 0.25) is 0 Å². The molecule has 6 N–H and O–H groups in total. The standard InChI is InChI=1S/C40H44N4O3/c41-22-10-2-5-17-35(25-29-18-20-31-13-6-8-15-33(31)23-29)39(46)44-37(27-30-19-21-32-14-7-9-16-34(32)24-30)40(47)43-36(38(42)45)26-28-11-3-1-4-12-28/h1,3-4,6-9,11-16,18-21,23-24,35-37H,2,5,10,17,22,25-27,41H2,(H2,42,45)(H,43,47)(H,44,46)/t35-,36+,37-/m1/s1. The van der Waals surface area contributed by atoms with Crippen LogP contribution in [-0.2, 0) is 33.6 Å². The number of fused-ring (bicyclic) bond motifs is 2. The molecule has 7 heteroatoms. The molecule has 242 valence electrons. The van der Waals surface area contributed by atoms with Crippen LogP contribution in [-0.4, -0.2) is 36.3 Å². The SMILES string of the molecule is NCCCCC[C@H](Cc1ccc2ccccc2c1)C(=O)N[C@H](Cc1ccc2ccccc2c1)C(=O)N[C@@H](Cc1ccccc1)C(N)=O. The van der Waals surface area contributed by atoms with Crippen LogP contribution in [0.25, 0.3) is 21.5 Å². The highest BCUT2D eigenvalue weighted by molar-refractivity contribution is 5.93. The molecule has 3 amide bonds.